The lowest BCUT2D eigenvalue weighted by molar-refractivity contribution is -0.121. The Hall–Kier alpha value is -2.83. The maximum atomic E-state index is 14.3. The largest absolute Gasteiger partial charge is 0.356 e. The van der Waals surface area contributed by atoms with Crippen LogP contribution < -0.4 is 15.4 Å². The van der Waals surface area contributed by atoms with E-state index >= 15 is 0 Å². The molecular formula is C19H23ClFN7O3S. The Balaban J connectivity index is 1.69. The third-order valence-corrected chi connectivity index (χ3v) is 6.09. The first-order chi connectivity index (χ1) is 15.1. The third kappa shape index (κ3) is 5.90. The molecule has 0 aliphatic carbocycles. The van der Waals surface area contributed by atoms with Gasteiger partial charge in [-0.05, 0) is 26.8 Å². The van der Waals surface area contributed by atoms with Gasteiger partial charge in [-0.15, -0.1) is 0 Å². The summed E-state index contributed by atoms with van der Waals surface area (Å²) in [5.74, 6) is -1.48. The number of H-pyrrole nitrogens is 1. The summed E-state index contributed by atoms with van der Waals surface area (Å²) < 4.78 is 40.4. The minimum absolute atomic E-state index is 0.0898. The number of nitrogens with one attached hydrogen (secondary N) is 4. The van der Waals surface area contributed by atoms with Crippen molar-refractivity contribution in [2.45, 2.75) is 32.9 Å². The highest BCUT2D eigenvalue weighted by Crippen LogP contribution is 2.28. The predicted octanol–water partition coefficient (Wildman–Crippen LogP) is 2.06. The molecule has 3 heterocycles. The van der Waals surface area contributed by atoms with Crippen LogP contribution in [0.2, 0.25) is 5.02 Å². The predicted molar refractivity (Wildman–Crippen MR) is 120 cm³/mol. The number of halogens is 2. The number of pyridine rings is 1. The molecule has 10 nitrogen and oxygen atoms in total. The van der Waals surface area contributed by atoms with Crippen LogP contribution in [-0.4, -0.2) is 58.6 Å². The molecule has 0 aliphatic heterocycles. The van der Waals surface area contributed by atoms with Crippen molar-refractivity contribution in [1.29, 1.82) is 0 Å². The lowest BCUT2D eigenvalue weighted by Crippen LogP contribution is -2.42. The van der Waals surface area contributed by atoms with E-state index in [0.29, 0.717) is 21.6 Å². The van der Waals surface area contributed by atoms with Crippen LogP contribution in [-0.2, 0) is 14.8 Å². The van der Waals surface area contributed by atoms with Crippen molar-refractivity contribution in [2.24, 2.45) is 0 Å². The Morgan fingerprint density at radius 3 is 2.72 bits per heavy atom. The maximum Gasteiger partial charge on any atom is 0.242 e. The minimum atomic E-state index is -3.50. The molecular weight excluding hydrogens is 461 g/mol. The number of hydrogen-bond acceptors (Lipinski definition) is 7. The number of hydrogen-bond donors (Lipinski definition) is 4. The monoisotopic (exact) mass is 483 g/mol. The molecule has 1 atom stereocenters. The van der Waals surface area contributed by atoms with E-state index in [1.165, 1.54) is 13.1 Å². The van der Waals surface area contributed by atoms with Crippen LogP contribution in [0, 0.1) is 5.82 Å². The SMILES string of the molecule is CC(C)NS(=O)(=O)CCNC(=O)[C@H](C)Nc1nc(-c2c[nH]c3ncc(Cl)cc23)ncc1F. The molecule has 13 heteroatoms. The molecule has 0 spiro atoms. The second-order valence-electron chi connectivity index (χ2n) is 7.39. The van der Waals surface area contributed by atoms with Gasteiger partial charge >= 0.3 is 0 Å². The number of rotatable bonds is 9. The van der Waals surface area contributed by atoms with Crippen LogP contribution in [0.5, 0.6) is 0 Å². The highest BCUT2D eigenvalue weighted by molar-refractivity contribution is 7.89. The maximum absolute atomic E-state index is 14.3. The van der Waals surface area contributed by atoms with E-state index in [-0.39, 0.29) is 30.0 Å². The topological polar surface area (TPSA) is 142 Å². The smallest absolute Gasteiger partial charge is 0.242 e. The fourth-order valence-corrected chi connectivity index (χ4v) is 4.28. The number of anilines is 1. The summed E-state index contributed by atoms with van der Waals surface area (Å²) in [6.07, 6.45) is 4.12. The molecule has 0 saturated heterocycles. The van der Waals surface area contributed by atoms with E-state index < -0.39 is 27.8 Å². The van der Waals surface area contributed by atoms with Gasteiger partial charge in [0.05, 0.1) is 17.0 Å². The normalized spacial score (nSPS) is 12.8. The lowest BCUT2D eigenvalue weighted by Gasteiger charge is -2.16. The fraction of sp³-hybridized carbons (Fsp3) is 0.368. The summed E-state index contributed by atoms with van der Waals surface area (Å²) in [6, 6.07) is 0.565. The quantitative estimate of drug-likeness (QED) is 0.365. The van der Waals surface area contributed by atoms with Gasteiger partial charge in [-0.1, -0.05) is 11.6 Å². The Bertz CT molecular complexity index is 1230. The second-order valence-corrected chi connectivity index (χ2v) is 9.70. The number of aromatic nitrogens is 4. The van der Waals surface area contributed by atoms with Gasteiger partial charge < -0.3 is 15.6 Å². The van der Waals surface area contributed by atoms with Crippen molar-refractivity contribution in [3.63, 3.8) is 0 Å². The second kappa shape index (κ2) is 9.76. The van der Waals surface area contributed by atoms with Crippen LogP contribution in [0.25, 0.3) is 22.4 Å². The number of carbonyl (C=O) groups excluding carboxylic acids is 1. The van der Waals surface area contributed by atoms with Crippen molar-refractivity contribution in [1.82, 2.24) is 30.0 Å². The summed E-state index contributed by atoms with van der Waals surface area (Å²) in [7, 11) is -3.50. The number of amides is 1. The van der Waals surface area contributed by atoms with Gasteiger partial charge in [-0.2, -0.15) is 0 Å². The Morgan fingerprint density at radius 1 is 1.25 bits per heavy atom. The van der Waals surface area contributed by atoms with E-state index in [9.17, 15) is 17.6 Å². The van der Waals surface area contributed by atoms with E-state index in [1.54, 1.807) is 26.1 Å². The van der Waals surface area contributed by atoms with Crippen LogP contribution in [0.1, 0.15) is 20.8 Å². The number of nitrogens with zero attached hydrogens (tertiary/aromatic N) is 3. The molecule has 4 N–H and O–H groups in total. The van der Waals surface area contributed by atoms with Gasteiger partial charge in [0.15, 0.2) is 17.5 Å². The van der Waals surface area contributed by atoms with E-state index in [1.807, 2.05) is 0 Å². The van der Waals surface area contributed by atoms with Crippen molar-refractivity contribution in [3.8, 4) is 11.4 Å². The molecule has 0 aromatic carbocycles. The summed E-state index contributed by atoms with van der Waals surface area (Å²) in [5.41, 5.74) is 1.14. The molecule has 0 fully saturated rings. The van der Waals surface area contributed by atoms with Gasteiger partial charge in [-0.3, -0.25) is 4.79 Å². The van der Waals surface area contributed by atoms with Crippen molar-refractivity contribution in [3.05, 3.63) is 35.5 Å². The third-order valence-electron chi connectivity index (χ3n) is 4.31. The number of aromatic amines is 1. The van der Waals surface area contributed by atoms with Crippen LogP contribution in [0.4, 0.5) is 10.2 Å². The minimum Gasteiger partial charge on any atom is -0.356 e. The molecule has 32 heavy (non-hydrogen) atoms. The van der Waals surface area contributed by atoms with E-state index in [4.69, 9.17) is 11.6 Å². The van der Waals surface area contributed by atoms with Crippen molar-refractivity contribution in [2.75, 3.05) is 17.6 Å². The molecule has 0 bridgehead atoms. The molecule has 3 aromatic rings. The summed E-state index contributed by atoms with van der Waals surface area (Å²) in [5, 5.41) is 6.30. The highest BCUT2D eigenvalue weighted by Gasteiger charge is 2.19. The Kier molecular flexibility index (Phi) is 7.26. The number of sulfonamides is 1. The van der Waals surface area contributed by atoms with Gasteiger partial charge in [0, 0.05) is 35.9 Å². The first kappa shape index (κ1) is 23.8. The van der Waals surface area contributed by atoms with Crippen LogP contribution in [0.3, 0.4) is 0 Å². The molecule has 0 radical (unpaired) electrons. The zero-order valence-corrected chi connectivity index (χ0v) is 19.2. The van der Waals surface area contributed by atoms with Crippen molar-refractivity contribution < 1.29 is 17.6 Å². The Labute approximate surface area is 189 Å². The average Bonchev–Trinajstić information content (AvgIpc) is 3.11. The standard InChI is InChI=1S/C19H23ClFN7O3S/c1-10(2)28-32(30,31)5-4-22-19(29)11(3)26-18-15(21)9-25-17(27-18)14-8-24-16-13(14)6-12(20)7-23-16/h6-11,28H,4-5H2,1-3H3,(H,22,29)(H,23,24)(H,25,26,27)/t11-/m0/s1. The zero-order valence-electron chi connectivity index (χ0n) is 17.6. The molecule has 3 rings (SSSR count). The van der Waals surface area contributed by atoms with E-state index in [2.05, 4.69) is 35.3 Å². The highest BCUT2D eigenvalue weighted by atomic mass is 35.5. The lowest BCUT2D eigenvalue weighted by atomic mass is 10.2. The molecule has 0 saturated carbocycles. The molecule has 3 aromatic heterocycles. The van der Waals surface area contributed by atoms with Gasteiger partial charge in [-0.25, -0.2) is 32.5 Å². The summed E-state index contributed by atoms with van der Waals surface area (Å²) >= 11 is 6.01. The fourth-order valence-electron chi connectivity index (χ4n) is 2.91. The first-order valence-electron chi connectivity index (χ1n) is 9.75. The zero-order chi connectivity index (χ0) is 23.5. The first-order valence-corrected chi connectivity index (χ1v) is 11.8. The number of fused-ring (bicyclic) bond motifs is 1. The molecule has 0 aliphatic rings. The molecule has 1 amide bonds. The summed E-state index contributed by atoms with van der Waals surface area (Å²) in [6.45, 7) is 4.82. The van der Waals surface area contributed by atoms with Crippen LogP contribution in [0.15, 0.2) is 24.7 Å². The molecule has 0 unspecified atom stereocenters. The van der Waals surface area contributed by atoms with Crippen LogP contribution >= 0.6 is 11.6 Å². The average molecular weight is 484 g/mol. The number of carbonyl (C=O) groups is 1. The van der Waals surface area contributed by atoms with Gasteiger partial charge in [0.2, 0.25) is 15.9 Å². The van der Waals surface area contributed by atoms with Crippen molar-refractivity contribution >= 4 is 44.4 Å². The molecule has 172 valence electrons. The summed E-state index contributed by atoms with van der Waals surface area (Å²) in [4.78, 5) is 27.7. The van der Waals surface area contributed by atoms with E-state index in [0.717, 1.165) is 6.20 Å². The Morgan fingerprint density at radius 2 is 2.00 bits per heavy atom. The van der Waals surface area contributed by atoms with Gasteiger partial charge in [0.25, 0.3) is 0 Å². The van der Waals surface area contributed by atoms with Gasteiger partial charge in [0.1, 0.15) is 11.7 Å².